The van der Waals surface area contributed by atoms with E-state index in [1.807, 2.05) is 54.6 Å². The van der Waals surface area contributed by atoms with Gasteiger partial charge in [0.1, 0.15) is 0 Å². The highest BCUT2D eigenvalue weighted by Gasteiger charge is 2.13. The molecule has 144 valence electrons. The van der Waals surface area contributed by atoms with Crippen LogP contribution in [0.15, 0.2) is 60.7 Å². The van der Waals surface area contributed by atoms with Crippen LogP contribution in [-0.4, -0.2) is 42.1 Å². The summed E-state index contributed by atoms with van der Waals surface area (Å²) in [7, 11) is 0. The Morgan fingerprint density at radius 2 is 1.75 bits per heavy atom. The summed E-state index contributed by atoms with van der Waals surface area (Å²) in [5.41, 5.74) is 3.68. The number of carbonyl (C=O) groups is 1. The predicted molar refractivity (Wildman–Crippen MR) is 113 cm³/mol. The van der Waals surface area contributed by atoms with Crippen molar-refractivity contribution in [1.82, 2.24) is 10.2 Å². The van der Waals surface area contributed by atoms with Gasteiger partial charge in [-0.3, -0.25) is 4.79 Å². The smallest absolute Gasteiger partial charge is 0.251 e. The number of benzene rings is 3. The van der Waals surface area contributed by atoms with Crippen LogP contribution in [0.1, 0.15) is 28.8 Å². The van der Waals surface area contributed by atoms with E-state index in [4.69, 9.17) is 0 Å². The van der Waals surface area contributed by atoms with E-state index in [2.05, 4.69) is 16.3 Å². The number of fused-ring (bicyclic) bond motifs is 1. The maximum absolute atomic E-state index is 12.6. The van der Waals surface area contributed by atoms with Crippen LogP contribution in [-0.2, 0) is 6.61 Å². The normalized spacial score (nSPS) is 14.5. The van der Waals surface area contributed by atoms with Gasteiger partial charge in [-0.25, -0.2) is 0 Å². The first-order valence-corrected chi connectivity index (χ1v) is 9.99. The van der Waals surface area contributed by atoms with Gasteiger partial charge in [-0.1, -0.05) is 48.5 Å². The minimum Gasteiger partial charge on any atom is -0.392 e. The van der Waals surface area contributed by atoms with Gasteiger partial charge in [-0.05, 0) is 65.5 Å². The lowest BCUT2D eigenvalue weighted by Crippen LogP contribution is -2.33. The number of amides is 1. The van der Waals surface area contributed by atoms with E-state index in [9.17, 15) is 9.90 Å². The van der Waals surface area contributed by atoms with Crippen LogP contribution in [0.3, 0.4) is 0 Å². The molecule has 1 aliphatic rings. The van der Waals surface area contributed by atoms with Crippen molar-refractivity contribution in [2.75, 3.05) is 26.2 Å². The molecule has 1 fully saturated rings. The molecular weight excluding hydrogens is 348 g/mol. The molecule has 4 nitrogen and oxygen atoms in total. The number of aliphatic hydroxyl groups excluding tert-OH is 1. The number of nitrogens with zero attached hydrogens (tertiary/aromatic N) is 1. The number of nitrogens with one attached hydrogen (secondary N) is 1. The topological polar surface area (TPSA) is 52.6 Å². The summed E-state index contributed by atoms with van der Waals surface area (Å²) in [6, 6.07) is 19.8. The van der Waals surface area contributed by atoms with Crippen LogP contribution in [0.4, 0.5) is 0 Å². The first-order chi connectivity index (χ1) is 13.8. The zero-order valence-electron chi connectivity index (χ0n) is 16.0. The predicted octanol–water partition coefficient (Wildman–Crippen LogP) is 3.82. The van der Waals surface area contributed by atoms with E-state index in [0.29, 0.717) is 12.1 Å². The zero-order valence-corrected chi connectivity index (χ0v) is 16.0. The fourth-order valence-electron chi connectivity index (χ4n) is 4.02. The number of aliphatic hydroxyl groups is 1. The van der Waals surface area contributed by atoms with E-state index >= 15 is 0 Å². The van der Waals surface area contributed by atoms with Crippen molar-refractivity contribution < 1.29 is 9.90 Å². The average molecular weight is 374 g/mol. The first-order valence-electron chi connectivity index (χ1n) is 9.99. The van der Waals surface area contributed by atoms with Gasteiger partial charge in [0.2, 0.25) is 0 Å². The van der Waals surface area contributed by atoms with E-state index in [1.165, 1.54) is 12.8 Å². The van der Waals surface area contributed by atoms with Crippen molar-refractivity contribution in [3.05, 3.63) is 71.8 Å². The van der Waals surface area contributed by atoms with E-state index < -0.39 is 0 Å². The van der Waals surface area contributed by atoms with Gasteiger partial charge in [-0.2, -0.15) is 0 Å². The van der Waals surface area contributed by atoms with Crippen molar-refractivity contribution in [1.29, 1.82) is 0 Å². The van der Waals surface area contributed by atoms with Gasteiger partial charge < -0.3 is 15.3 Å². The highest BCUT2D eigenvalue weighted by molar-refractivity contribution is 6.03. The molecule has 2 N–H and O–H groups in total. The Morgan fingerprint density at radius 3 is 2.57 bits per heavy atom. The number of carbonyl (C=O) groups excluding carboxylic acids is 1. The monoisotopic (exact) mass is 374 g/mol. The molecule has 0 bridgehead atoms. The molecule has 0 aliphatic carbocycles. The molecule has 4 heteroatoms. The van der Waals surface area contributed by atoms with Gasteiger partial charge in [0.05, 0.1) is 6.61 Å². The summed E-state index contributed by atoms with van der Waals surface area (Å²) >= 11 is 0. The van der Waals surface area contributed by atoms with E-state index in [-0.39, 0.29) is 12.5 Å². The lowest BCUT2D eigenvalue weighted by Gasteiger charge is -2.15. The average Bonchev–Trinajstić information content (AvgIpc) is 3.26. The van der Waals surface area contributed by atoms with Crippen molar-refractivity contribution >= 4 is 16.7 Å². The number of hydrogen-bond acceptors (Lipinski definition) is 3. The molecule has 1 aliphatic heterocycles. The van der Waals surface area contributed by atoms with Crippen LogP contribution in [0.25, 0.3) is 21.9 Å². The second kappa shape index (κ2) is 8.55. The van der Waals surface area contributed by atoms with Crippen LogP contribution in [0.5, 0.6) is 0 Å². The Bertz CT molecular complexity index is 977. The molecule has 0 aromatic heterocycles. The van der Waals surface area contributed by atoms with Crippen LogP contribution in [0.2, 0.25) is 0 Å². The SMILES string of the molecule is O=C(NCCN1CCCC1)c1ccc2c(-c3ccccc3CO)cccc2c1. The molecule has 3 aromatic rings. The molecule has 1 heterocycles. The second-order valence-electron chi connectivity index (χ2n) is 7.36. The third-order valence-electron chi connectivity index (χ3n) is 5.53. The summed E-state index contributed by atoms with van der Waals surface area (Å²) in [6.07, 6.45) is 2.53. The zero-order chi connectivity index (χ0) is 19.3. The minimum absolute atomic E-state index is 0.00404. The fourth-order valence-corrected chi connectivity index (χ4v) is 4.02. The van der Waals surface area contributed by atoms with Crippen molar-refractivity contribution in [2.24, 2.45) is 0 Å². The fraction of sp³-hybridized carbons (Fsp3) is 0.292. The summed E-state index contributed by atoms with van der Waals surface area (Å²) < 4.78 is 0. The maximum atomic E-state index is 12.6. The maximum Gasteiger partial charge on any atom is 0.251 e. The molecule has 3 aromatic carbocycles. The standard InChI is InChI=1S/C24H26N2O2/c27-17-20-6-1-2-8-21(20)23-9-5-7-18-16-19(10-11-22(18)23)24(28)25-12-15-26-13-3-4-14-26/h1-2,5-11,16,27H,3-4,12-15,17H2,(H,25,28). The van der Waals surface area contributed by atoms with Crippen molar-refractivity contribution in [3.8, 4) is 11.1 Å². The second-order valence-corrected chi connectivity index (χ2v) is 7.36. The molecule has 0 saturated carbocycles. The highest BCUT2D eigenvalue weighted by atomic mass is 16.3. The largest absolute Gasteiger partial charge is 0.392 e. The summed E-state index contributed by atoms with van der Waals surface area (Å²) in [6.45, 7) is 3.89. The van der Waals surface area contributed by atoms with Gasteiger partial charge in [-0.15, -0.1) is 0 Å². The molecule has 4 rings (SSSR count). The summed E-state index contributed by atoms with van der Waals surface area (Å²) in [4.78, 5) is 14.9. The van der Waals surface area contributed by atoms with Crippen molar-refractivity contribution in [3.63, 3.8) is 0 Å². The Morgan fingerprint density at radius 1 is 0.964 bits per heavy atom. The minimum atomic E-state index is -0.0257. The molecule has 28 heavy (non-hydrogen) atoms. The molecule has 1 amide bonds. The number of rotatable bonds is 6. The van der Waals surface area contributed by atoms with Gasteiger partial charge in [0, 0.05) is 18.7 Å². The van der Waals surface area contributed by atoms with Gasteiger partial charge >= 0.3 is 0 Å². The lowest BCUT2D eigenvalue weighted by molar-refractivity contribution is 0.0950. The molecule has 0 atom stereocenters. The van der Waals surface area contributed by atoms with Crippen LogP contribution in [0, 0.1) is 0 Å². The Labute approximate surface area is 165 Å². The van der Waals surface area contributed by atoms with E-state index in [1.54, 1.807) is 0 Å². The highest BCUT2D eigenvalue weighted by Crippen LogP contribution is 2.31. The summed E-state index contributed by atoms with van der Waals surface area (Å²) in [5.74, 6) is -0.0257. The van der Waals surface area contributed by atoms with Crippen LogP contribution >= 0.6 is 0 Å². The summed E-state index contributed by atoms with van der Waals surface area (Å²) in [5, 5.41) is 14.8. The van der Waals surface area contributed by atoms with Gasteiger partial charge in [0.25, 0.3) is 5.91 Å². The number of hydrogen-bond donors (Lipinski definition) is 2. The molecule has 1 saturated heterocycles. The Kier molecular flexibility index (Phi) is 5.70. The Balaban J connectivity index is 1.55. The third kappa shape index (κ3) is 3.93. The molecular formula is C24H26N2O2. The van der Waals surface area contributed by atoms with Gasteiger partial charge in [0.15, 0.2) is 0 Å². The third-order valence-corrected chi connectivity index (χ3v) is 5.53. The lowest BCUT2D eigenvalue weighted by atomic mass is 9.94. The number of likely N-dealkylation sites (tertiary alicyclic amines) is 1. The van der Waals surface area contributed by atoms with E-state index in [0.717, 1.165) is 47.1 Å². The van der Waals surface area contributed by atoms with Crippen molar-refractivity contribution in [2.45, 2.75) is 19.4 Å². The molecule has 0 radical (unpaired) electrons. The first kappa shape index (κ1) is 18.7. The Hall–Kier alpha value is -2.69. The van der Waals surface area contributed by atoms with Crippen LogP contribution < -0.4 is 5.32 Å². The quantitative estimate of drug-likeness (QED) is 0.690. The molecule has 0 spiro atoms. The molecule has 0 unspecified atom stereocenters.